The van der Waals surface area contributed by atoms with Crippen molar-refractivity contribution in [3.8, 4) is 56.4 Å². The maximum absolute atomic E-state index is 4.95. The first-order valence-electron chi connectivity index (χ1n) is 19.4. The Morgan fingerprint density at radius 1 is 0.281 bits per heavy atom. The maximum Gasteiger partial charge on any atom is 0.164 e. The van der Waals surface area contributed by atoms with Crippen LogP contribution in [0.3, 0.4) is 0 Å². The Hall–Kier alpha value is -7.49. The second kappa shape index (κ2) is 13.4. The maximum atomic E-state index is 4.95. The van der Waals surface area contributed by atoms with Gasteiger partial charge in [0, 0.05) is 16.7 Å². The highest BCUT2D eigenvalue weighted by atomic mass is 15.0. The molecular weight excluding hydrogens is 691 g/mol. The van der Waals surface area contributed by atoms with Gasteiger partial charge in [0.15, 0.2) is 17.5 Å². The van der Waals surface area contributed by atoms with E-state index in [1.54, 1.807) is 0 Å². The molecule has 11 rings (SSSR count). The third-order valence-corrected chi connectivity index (χ3v) is 11.6. The van der Waals surface area contributed by atoms with Crippen LogP contribution in [0.5, 0.6) is 0 Å². The Bertz CT molecular complexity index is 3030. The van der Waals surface area contributed by atoms with Crippen LogP contribution in [0.15, 0.2) is 212 Å². The highest BCUT2D eigenvalue weighted by molar-refractivity contribution is 6.19. The van der Waals surface area contributed by atoms with Gasteiger partial charge < -0.3 is 0 Å². The molecule has 1 aromatic heterocycles. The quantitative estimate of drug-likeness (QED) is 0.160. The average molecular weight is 726 g/mol. The minimum Gasteiger partial charge on any atom is -0.208 e. The highest BCUT2D eigenvalue weighted by Crippen LogP contribution is 2.60. The van der Waals surface area contributed by atoms with E-state index in [1.165, 1.54) is 54.9 Å². The summed E-state index contributed by atoms with van der Waals surface area (Å²) >= 11 is 0. The number of aromatic nitrogens is 3. The van der Waals surface area contributed by atoms with Gasteiger partial charge in [-0.1, -0.05) is 212 Å². The molecule has 0 fully saturated rings. The molecule has 1 atom stereocenters. The molecular formula is C54H35N3. The summed E-state index contributed by atoms with van der Waals surface area (Å²) in [5.41, 5.74) is 12.4. The molecule has 1 unspecified atom stereocenters. The zero-order valence-electron chi connectivity index (χ0n) is 31.0. The molecule has 0 saturated heterocycles. The van der Waals surface area contributed by atoms with E-state index < -0.39 is 5.41 Å². The van der Waals surface area contributed by atoms with E-state index in [9.17, 15) is 0 Å². The van der Waals surface area contributed by atoms with Crippen molar-refractivity contribution in [2.75, 3.05) is 0 Å². The van der Waals surface area contributed by atoms with Crippen LogP contribution in [0.2, 0.25) is 0 Å². The lowest BCUT2D eigenvalue weighted by atomic mass is 9.66. The van der Waals surface area contributed by atoms with Crippen molar-refractivity contribution in [2.24, 2.45) is 0 Å². The second-order valence-corrected chi connectivity index (χ2v) is 14.7. The highest BCUT2D eigenvalue weighted by Gasteiger charge is 2.47. The molecule has 10 aromatic rings. The third kappa shape index (κ3) is 5.24. The monoisotopic (exact) mass is 725 g/mol. The van der Waals surface area contributed by atoms with Gasteiger partial charge in [0.2, 0.25) is 0 Å². The minimum absolute atomic E-state index is 0.523. The second-order valence-electron chi connectivity index (χ2n) is 14.7. The van der Waals surface area contributed by atoms with Crippen molar-refractivity contribution in [2.45, 2.75) is 5.41 Å². The van der Waals surface area contributed by atoms with Crippen molar-refractivity contribution in [1.29, 1.82) is 0 Å². The van der Waals surface area contributed by atoms with E-state index >= 15 is 0 Å². The van der Waals surface area contributed by atoms with Crippen molar-refractivity contribution in [3.63, 3.8) is 0 Å². The standard InChI is InChI=1S/C54H35N3/c1-4-16-38(17-5-1)51-55-52(39-18-6-2-7-19-39)57-53(56-51)40-30-28-36(29-31-40)37-32-34-42(35-33-37)54(41-20-8-3-9-21-41)48-27-15-14-26-47(48)49-45-24-12-10-22-43(45)44-23-11-13-25-46(44)50(49)54/h1-35H. The van der Waals surface area contributed by atoms with Crippen molar-refractivity contribution < 1.29 is 0 Å². The number of benzene rings is 9. The molecule has 1 heterocycles. The van der Waals surface area contributed by atoms with Gasteiger partial charge in [-0.05, 0) is 66.1 Å². The Morgan fingerprint density at radius 3 is 1.25 bits per heavy atom. The average Bonchev–Trinajstić information content (AvgIpc) is 3.62. The first kappa shape index (κ1) is 32.9. The fourth-order valence-corrected chi connectivity index (χ4v) is 9.09. The molecule has 57 heavy (non-hydrogen) atoms. The summed E-state index contributed by atoms with van der Waals surface area (Å²) in [7, 11) is 0. The lowest BCUT2D eigenvalue weighted by molar-refractivity contribution is 0.776. The van der Waals surface area contributed by atoms with Crippen LogP contribution < -0.4 is 0 Å². The van der Waals surface area contributed by atoms with Gasteiger partial charge in [-0.2, -0.15) is 0 Å². The minimum atomic E-state index is -0.523. The molecule has 3 nitrogen and oxygen atoms in total. The van der Waals surface area contributed by atoms with Gasteiger partial charge in [0.25, 0.3) is 0 Å². The summed E-state index contributed by atoms with van der Waals surface area (Å²) in [5.74, 6) is 1.96. The molecule has 0 amide bonds. The molecule has 0 N–H and O–H groups in total. The zero-order chi connectivity index (χ0) is 37.8. The zero-order valence-corrected chi connectivity index (χ0v) is 31.0. The Kier molecular flexibility index (Phi) is 7.71. The molecule has 0 saturated carbocycles. The molecule has 1 aliphatic rings. The van der Waals surface area contributed by atoms with Gasteiger partial charge in [0.1, 0.15) is 0 Å². The fraction of sp³-hybridized carbons (Fsp3) is 0.0185. The van der Waals surface area contributed by atoms with E-state index in [0.29, 0.717) is 17.5 Å². The number of fused-ring (bicyclic) bond motifs is 8. The molecule has 0 spiro atoms. The fourth-order valence-electron chi connectivity index (χ4n) is 9.09. The normalized spacial score (nSPS) is 14.4. The number of rotatable bonds is 6. The van der Waals surface area contributed by atoms with Crippen LogP contribution in [-0.4, -0.2) is 15.0 Å². The summed E-state index contributed by atoms with van der Waals surface area (Å²) in [5, 5.41) is 5.14. The van der Waals surface area contributed by atoms with Crippen LogP contribution in [0, 0.1) is 0 Å². The van der Waals surface area contributed by atoms with Gasteiger partial charge in [-0.3, -0.25) is 0 Å². The third-order valence-electron chi connectivity index (χ3n) is 11.6. The molecule has 0 aliphatic heterocycles. The van der Waals surface area contributed by atoms with E-state index in [-0.39, 0.29) is 0 Å². The molecule has 1 aliphatic carbocycles. The van der Waals surface area contributed by atoms with E-state index in [0.717, 1.165) is 27.8 Å². The SMILES string of the molecule is c1ccc(-c2nc(-c3ccccc3)nc(-c3ccc(-c4ccc(C5(c6ccccc6)c6ccccc6-c6c5c5ccccc5c5ccccc65)cc4)cc3)n2)cc1. The summed E-state index contributed by atoms with van der Waals surface area (Å²) < 4.78 is 0. The lowest BCUT2D eigenvalue weighted by Gasteiger charge is -2.35. The molecule has 0 radical (unpaired) electrons. The van der Waals surface area contributed by atoms with Crippen molar-refractivity contribution in [1.82, 2.24) is 15.0 Å². The van der Waals surface area contributed by atoms with Crippen LogP contribution in [0.25, 0.3) is 78.0 Å². The van der Waals surface area contributed by atoms with Crippen LogP contribution >= 0.6 is 0 Å². The summed E-state index contributed by atoms with van der Waals surface area (Å²) in [6.07, 6.45) is 0. The first-order valence-corrected chi connectivity index (χ1v) is 19.4. The van der Waals surface area contributed by atoms with Gasteiger partial charge in [-0.15, -0.1) is 0 Å². The summed E-state index contributed by atoms with van der Waals surface area (Å²) in [6, 6.07) is 76.0. The Morgan fingerprint density at radius 2 is 0.667 bits per heavy atom. The van der Waals surface area contributed by atoms with E-state index in [4.69, 9.17) is 15.0 Å². The number of hydrogen-bond acceptors (Lipinski definition) is 3. The smallest absolute Gasteiger partial charge is 0.164 e. The number of hydrogen-bond donors (Lipinski definition) is 0. The molecule has 266 valence electrons. The molecule has 9 aromatic carbocycles. The van der Waals surface area contributed by atoms with Crippen molar-refractivity contribution in [3.05, 3.63) is 235 Å². The topological polar surface area (TPSA) is 38.7 Å². The van der Waals surface area contributed by atoms with Crippen LogP contribution in [0.1, 0.15) is 22.3 Å². The predicted molar refractivity (Wildman–Crippen MR) is 234 cm³/mol. The Balaban J connectivity index is 1.05. The Labute approximate surface area is 331 Å². The molecule has 0 bridgehead atoms. The van der Waals surface area contributed by atoms with Gasteiger partial charge in [0.05, 0.1) is 5.41 Å². The molecule has 3 heteroatoms. The predicted octanol–water partition coefficient (Wildman–Crippen LogP) is 13.2. The summed E-state index contributed by atoms with van der Waals surface area (Å²) in [4.78, 5) is 14.8. The first-order chi connectivity index (χ1) is 28.3. The lowest BCUT2D eigenvalue weighted by Crippen LogP contribution is -2.28. The summed E-state index contributed by atoms with van der Waals surface area (Å²) in [6.45, 7) is 0. The van der Waals surface area contributed by atoms with E-state index in [2.05, 4.69) is 152 Å². The largest absolute Gasteiger partial charge is 0.208 e. The van der Waals surface area contributed by atoms with Gasteiger partial charge in [-0.25, -0.2) is 15.0 Å². The van der Waals surface area contributed by atoms with Crippen LogP contribution in [0.4, 0.5) is 0 Å². The van der Waals surface area contributed by atoms with Crippen molar-refractivity contribution >= 4 is 21.5 Å². The van der Waals surface area contributed by atoms with Gasteiger partial charge >= 0.3 is 0 Å². The van der Waals surface area contributed by atoms with E-state index in [1.807, 2.05) is 60.7 Å². The van der Waals surface area contributed by atoms with Crippen LogP contribution in [-0.2, 0) is 5.41 Å². The number of nitrogens with zero attached hydrogens (tertiary/aromatic N) is 3.